The number of sulfonamides is 1. The summed E-state index contributed by atoms with van der Waals surface area (Å²) in [5, 5.41) is 0.236. The number of nitrogens with one attached hydrogen (secondary N) is 1. The van der Waals surface area contributed by atoms with Gasteiger partial charge in [0, 0.05) is 5.69 Å². The lowest BCUT2D eigenvalue weighted by atomic mass is 10.3. The summed E-state index contributed by atoms with van der Waals surface area (Å²) >= 11 is 1.18. The number of rotatable bonds is 3. The highest BCUT2D eigenvalue weighted by Crippen LogP contribution is 2.29. The summed E-state index contributed by atoms with van der Waals surface area (Å²) in [6.45, 7) is 0. The molecule has 0 aliphatic carbocycles. The van der Waals surface area contributed by atoms with E-state index in [0.29, 0.717) is 11.2 Å². The average molecular weight is 323 g/mol. The maximum absolute atomic E-state index is 12.8. The lowest BCUT2D eigenvalue weighted by Crippen LogP contribution is -2.12. The van der Waals surface area contributed by atoms with Crippen LogP contribution in [0.4, 0.5) is 15.2 Å². The zero-order chi connectivity index (χ0) is 15.0. The van der Waals surface area contributed by atoms with Crippen LogP contribution in [0.25, 0.3) is 10.2 Å². The topological polar surface area (TPSA) is 85.1 Å². The summed E-state index contributed by atoms with van der Waals surface area (Å²) in [4.78, 5) is 4.16. The monoisotopic (exact) mass is 323 g/mol. The molecule has 0 aliphatic rings. The summed E-state index contributed by atoms with van der Waals surface area (Å²) in [6.07, 6.45) is 0. The predicted octanol–water partition coefficient (Wildman–Crippen LogP) is 2.82. The highest BCUT2D eigenvalue weighted by Gasteiger charge is 2.16. The fourth-order valence-electron chi connectivity index (χ4n) is 1.77. The van der Waals surface area contributed by atoms with Crippen molar-refractivity contribution in [2.24, 2.45) is 0 Å². The van der Waals surface area contributed by atoms with Crippen molar-refractivity contribution >= 4 is 42.4 Å². The first kappa shape index (κ1) is 13.8. The summed E-state index contributed by atoms with van der Waals surface area (Å²) in [5.41, 5.74) is 6.91. The molecule has 0 aliphatic heterocycles. The molecule has 3 rings (SSSR count). The van der Waals surface area contributed by atoms with Gasteiger partial charge in [-0.15, -0.1) is 0 Å². The van der Waals surface area contributed by atoms with Crippen molar-refractivity contribution in [3.8, 4) is 0 Å². The van der Waals surface area contributed by atoms with Gasteiger partial charge in [0.15, 0.2) is 5.13 Å². The second-order valence-electron chi connectivity index (χ2n) is 4.31. The third kappa shape index (κ3) is 2.81. The summed E-state index contributed by atoms with van der Waals surface area (Å²) in [5.74, 6) is -0.496. The minimum absolute atomic E-state index is 0.0253. The van der Waals surface area contributed by atoms with E-state index < -0.39 is 15.8 Å². The predicted molar refractivity (Wildman–Crippen MR) is 81.2 cm³/mol. The van der Waals surface area contributed by atoms with Crippen LogP contribution < -0.4 is 10.5 Å². The van der Waals surface area contributed by atoms with Gasteiger partial charge in [-0.1, -0.05) is 11.3 Å². The Balaban J connectivity index is 1.95. The number of nitrogen functional groups attached to an aromatic ring is 1. The van der Waals surface area contributed by atoms with Gasteiger partial charge in [-0.3, -0.25) is 4.72 Å². The van der Waals surface area contributed by atoms with Crippen molar-refractivity contribution in [2.45, 2.75) is 4.90 Å². The fraction of sp³-hybridized carbons (Fsp3) is 0. The van der Waals surface area contributed by atoms with Crippen LogP contribution in [0.2, 0.25) is 0 Å². The number of nitrogens with two attached hydrogens (primary N) is 1. The molecule has 0 saturated heterocycles. The van der Waals surface area contributed by atoms with Gasteiger partial charge < -0.3 is 5.73 Å². The Morgan fingerprint density at radius 2 is 1.86 bits per heavy atom. The van der Waals surface area contributed by atoms with E-state index in [0.717, 1.165) is 16.8 Å². The summed E-state index contributed by atoms with van der Waals surface area (Å²) < 4.78 is 40.3. The van der Waals surface area contributed by atoms with E-state index in [1.165, 1.54) is 23.5 Å². The molecule has 21 heavy (non-hydrogen) atoms. The molecule has 0 bridgehead atoms. The van der Waals surface area contributed by atoms with E-state index in [1.807, 2.05) is 0 Å². The molecule has 0 unspecified atom stereocenters. The zero-order valence-corrected chi connectivity index (χ0v) is 12.2. The molecule has 3 aromatic rings. The SMILES string of the molecule is Nc1ccc2nc(NS(=O)(=O)c3ccc(F)cc3)sc2c1. The molecular formula is C13H10FN3O2S2. The van der Waals surface area contributed by atoms with Gasteiger partial charge >= 0.3 is 0 Å². The number of halogens is 1. The molecule has 0 amide bonds. The molecule has 8 heteroatoms. The van der Waals surface area contributed by atoms with Gasteiger partial charge in [0.1, 0.15) is 5.82 Å². The van der Waals surface area contributed by atoms with E-state index in [1.54, 1.807) is 18.2 Å². The number of hydrogen-bond donors (Lipinski definition) is 2. The largest absolute Gasteiger partial charge is 0.399 e. The van der Waals surface area contributed by atoms with Crippen LogP contribution in [0, 0.1) is 5.82 Å². The van der Waals surface area contributed by atoms with Crippen molar-refractivity contribution in [2.75, 3.05) is 10.5 Å². The third-order valence-corrected chi connectivity index (χ3v) is 5.18. The fourth-order valence-corrected chi connectivity index (χ4v) is 3.92. The van der Waals surface area contributed by atoms with E-state index in [4.69, 9.17) is 5.73 Å². The molecule has 108 valence electrons. The Labute approximate surface area is 124 Å². The molecular weight excluding hydrogens is 313 g/mol. The molecule has 0 radical (unpaired) electrons. The van der Waals surface area contributed by atoms with Crippen molar-refractivity contribution < 1.29 is 12.8 Å². The van der Waals surface area contributed by atoms with Crippen molar-refractivity contribution in [1.29, 1.82) is 0 Å². The second kappa shape index (κ2) is 4.97. The molecule has 5 nitrogen and oxygen atoms in total. The van der Waals surface area contributed by atoms with Crippen molar-refractivity contribution in [3.63, 3.8) is 0 Å². The van der Waals surface area contributed by atoms with E-state index >= 15 is 0 Å². The molecule has 2 aromatic carbocycles. The molecule has 0 spiro atoms. The minimum Gasteiger partial charge on any atom is -0.399 e. The third-order valence-electron chi connectivity index (χ3n) is 2.76. The minimum atomic E-state index is -3.79. The summed E-state index contributed by atoms with van der Waals surface area (Å²) in [6, 6.07) is 9.72. The Hall–Kier alpha value is -2.19. The van der Waals surface area contributed by atoms with Crippen LogP contribution in [0.1, 0.15) is 0 Å². The maximum Gasteiger partial charge on any atom is 0.263 e. The lowest BCUT2D eigenvalue weighted by molar-refractivity contribution is 0.599. The first-order valence-electron chi connectivity index (χ1n) is 5.88. The maximum atomic E-state index is 12.8. The number of nitrogens with zero attached hydrogens (tertiary/aromatic N) is 1. The molecule has 3 N–H and O–H groups in total. The first-order valence-corrected chi connectivity index (χ1v) is 8.18. The normalized spacial score (nSPS) is 11.7. The Bertz CT molecular complexity index is 905. The number of aromatic nitrogens is 1. The highest BCUT2D eigenvalue weighted by atomic mass is 32.2. The highest BCUT2D eigenvalue weighted by molar-refractivity contribution is 7.93. The van der Waals surface area contributed by atoms with Crippen LogP contribution in [-0.2, 0) is 10.0 Å². The number of hydrogen-bond acceptors (Lipinski definition) is 5. The number of benzene rings is 2. The molecule has 0 atom stereocenters. The van der Waals surface area contributed by atoms with E-state index in [2.05, 4.69) is 9.71 Å². The van der Waals surface area contributed by atoms with E-state index in [9.17, 15) is 12.8 Å². The van der Waals surface area contributed by atoms with Crippen LogP contribution in [0.5, 0.6) is 0 Å². The Kier molecular flexibility index (Phi) is 3.26. The molecule has 0 saturated carbocycles. The van der Waals surface area contributed by atoms with Gasteiger partial charge in [-0.25, -0.2) is 17.8 Å². The van der Waals surface area contributed by atoms with Gasteiger partial charge in [0.2, 0.25) is 0 Å². The van der Waals surface area contributed by atoms with Crippen molar-refractivity contribution in [1.82, 2.24) is 4.98 Å². The molecule has 1 aromatic heterocycles. The van der Waals surface area contributed by atoms with Gasteiger partial charge in [0.25, 0.3) is 10.0 Å². The average Bonchev–Trinajstić information content (AvgIpc) is 2.79. The number of thiazole rings is 1. The summed E-state index contributed by atoms with van der Waals surface area (Å²) in [7, 11) is -3.79. The number of fused-ring (bicyclic) bond motifs is 1. The standard InChI is InChI=1S/C13H10FN3O2S2/c14-8-1-4-10(5-2-8)21(18,19)17-13-16-11-6-3-9(15)7-12(11)20-13/h1-7H,15H2,(H,16,17). The van der Waals surface area contributed by atoms with Gasteiger partial charge in [0.05, 0.1) is 15.1 Å². The Morgan fingerprint density at radius 3 is 2.57 bits per heavy atom. The van der Waals surface area contributed by atoms with Gasteiger partial charge in [-0.05, 0) is 42.5 Å². The van der Waals surface area contributed by atoms with Crippen molar-refractivity contribution in [3.05, 3.63) is 48.3 Å². The van der Waals surface area contributed by atoms with Gasteiger partial charge in [-0.2, -0.15) is 0 Å². The zero-order valence-electron chi connectivity index (χ0n) is 10.6. The van der Waals surface area contributed by atoms with Crippen LogP contribution in [-0.4, -0.2) is 13.4 Å². The Morgan fingerprint density at radius 1 is 1.14 bits per heavy atom. The quantitative estimate of drug-likeness (QED) is 0.726. The molecule has 1 heterocycles. The van der Waals surface area contributed by atoms with Crippen LogP contribution >= 0.6 is 11.3 Å². The van der Waals surface area contributed by atoms with Crippen LogP contribution in [0.3, 0.4) is 0 Å². The second-order valence-corrected chi connectivity index (χ2v) is 7.02. The van der Waals surface area contributed by atoms with Crippen LogP contribution in [0.15, 0.2) is 47.4 Å². The molecule has 0 fully saturated rings. The first-order chi connectivity index (χ1) is 9.94. The number of anilines is 2. The van der Waals surface area contributed by atoms with E-state index in [-0.39, 0.29) is 10.0 Å². The smallest absolute Gasteiger partial charge is 0.263 e. The lowest BCUT2D eigenvalue weighted by Gasteiger charge is -2.04.